The van der Waals surface area contributed by atoms with E-state index >= 15 is 0 Å². The third-order valence-corrected chi connectivity index (χ3v) is 4.83. The largest absolute Gasteiger partial charge is 0.341 e. The van der Waals surface area contributed by atoms with Crippen molar-refractivity contribution in [2.75, 3.05) is 45.8 Å². The summed E-state index contributed by atoms with van der Waals surface area (Å²) in [7, 11) is 0. The lowest BCUT2D eigenvalue weighted by Gasteiger charge is -2.40. The first-order chi connectivity index (χ1) is 10.3. The minimum Gasteiger partial charge on any atom is -0.341 e. The molecule has 2 aliphatic rings. The molecule has 0 aliphatic carbocycles. The Morgan fingerprint density at radius 3 is 2.18 bits per heavy atom. The normalized spacial score (nSPS) is 24.5. The topological polar surface area (TPSA) is 43.9 Å². The highest BCUT2D eigenvalue weighted by Gasteiger charge is 2.35. The SMILES string of the molecule is CCN1CCN(C(=O)C2CCCN(C(=O)C(C)(C)C)C2)CC1. The van der Waals surface area contributed by atoms with E-state index in [1.807, 2.05) is 30.6 Å². The van der Waals surface area contributed by atoms with E-state index in [4.69, 9.17) is 0 Å². The van der Waals surface area contributed by atoms with Crippen LogP contribution >= 0.6 is 0 Å². The second kappa shape index (κ2) is 6.99. The number of piperidine rings is 1. The lowest BCUT2D eigenvalue weighted by atomic mass is 9.90. The van der Waals surface area contributed by atoms with E-state index in [1.165, 1.54) is 0 Å². The van der Waals surface area contributed by atoms with Crippen molar-refractivity contribution >= 4 is 11.8 Å². The molecule has 1 unspecified atom stereocenters. The standard InChI is InChI=1S/C17H31N3O2/c1-5-18-9-11-19(12-10-18)15(21)14-7-6-8-20(13-14)16(22)17(2,3)4/h14H,5-13H2,1-4H3. The second-order valence-corrected chi connectivity index (χ2v) is 7.60. The van der Waals surface area contributed by atoms with E-state index < -0.39 is 0 Å². The molecule has 1 atom stereocenters. The van der Waals surface area contributed by atoms with Gasteiger partial charge in [-0.05, 0) is 19.4 Å². The highest BCUT2D eigenvalue weighted by Crippen LogP contribution is 2.25. The van der Waals surface area contributed by atoms with Crippen LogP contribution < -0.4 is 0 Å². The zero-order valence-electron chi connectivity index (χ0n) is 14.6. The summed E-state index contributed by atoms with van der Waals surface area (Å²) in [5, 5.41) is 0. The van der Waals surface area contributed by atoms with Gasteiger partial charge in [-0.25, -0.2) is 0 Å². The van der Waals surface area contributed by atoms with Gasteiger partial charge >= 0.3 is 0 Å². The van der Waals surface area contributed by atoms with Gasteiger partial charge in [0, 0.05) is 44.7 Å². The van der Waals surface area contributed by atoms with Gasteiger partial charge in [-0.2, -0.15) is 0 Å². The first-order valence-corrected chi connectivity index (χ1v) is 8.63. The van der Waals surface area contributed by atoms with E-state index in [9.17, 15) is 9.59 Å². The maximum absolute atomic E-state index is 12.7. The van der Waals surface area contributed by atoms with E-state index in [0.29, 0.717) is 6.54 Å². The molecule has 2 aliphatic heterocycles. The Morgan fingerprint density at radius 1 is 1.00 bits per heavy atom. The molecule has 126 valence electrons. The zero-order valence-corrected chi connectivity index (χ0v) is 14.6. The van der Waals surface area contributed by atoms with Crippen molar-refractivity contribution in [3.05, 3.63) is 0 Å². The van der Waals surface area contributed by atoms with Crippen LogP contribution in [0, 0.1) is 11.3 Å². The molecule has 2 amide bonds. The molecular formula is C17H31N3O2. The molecule has 0 saturated carbocycles. The monoisotopic (exact) mass is 309 g/mol. The molecule has 2 fully saturated rings. The van der Waals surface area contributed by atoms with Crippen LogP contribution in [-0.4, -0.2) is 72.3 Å². The van der Waals surface area contributed by atoms with Crippen LogP contribution in [0.15, 0.2) is 0 Å². The minimum absolute atomic E-state index is 0.00627. The predicted octanol–water partition coefficient (Wildman–Crippen LogP) is 1.44. The summed E-state index contributed by atoms with van der Waals surface area (Å²) < 4.78 is 0. The number of carbonyl (C=O) groups excluding carboxylic acids is 2. The van der Waals surface area contributed by atoms with Crippen molar-refractivity contribution in [1.82, 2.24) is 14.7 Å². The molecule has 0 radical (unpaired) electrons. The molecule has 5 heteroatoms. The average molecular weight is 309 g/mol. The maximum atomic E-state index is 12.7. The third kappa shape index (κ3) is 4.00. The van der Waals surface area contributed by atoms with Gasteiger partial charge in [0.15, 0.2) is 0 Å². The van der Waals surface area contributed by atoms with Crippen LogP contribution in [-0.2, 0) is 9.59 Å². The molecular weight excluding hydrogens is 278 g/mol. The van der Waals surface area contributed by atoms with Gasteiger partial charge in [0.2, 0.25) is 11.8 Å². The van der Waals surface area contributed by atoms with Gasteiger partial charge < -0.3 is 14.7 Å². The molecule has 5 nitrogen and oxygen atoms in total. The van der Waals surface area contributed by atoms with E-state index in [1.54, 1.807) is 0 Å². The van der Waals surface area contributed by atoms with E-state index in [2.05, 4.69) is 11.8 Å². The first-order valence-electron chi connectivity index (χ1n) is 8.63. The van der Waals surface area contributed by atoms with Crippen molar-refractivity contribution in [2.45, 2.75) is 40.5 Å². The first kappa shape index (κ1) is 17.3. The molecule has 2 heterocycles. The second-order valence-electron chi connectivity index (χ2n) is 7.60. The number of nitrogens with zero attached hydrogens (tertiary/aromatic N) is 3. The molecule has 2 saturated heterocycles. The molecule has 0 aromatic carbocycles. The summed E-state index contributed by atoms with van der Waals surface area (Å²) in [6, 6.07) is 0. The van der Waals surface area contributed by atoms with Crippen LogP contribution in [0.25, 0.3) is 0 Å². The van der Waals surface area contributed by atoms with Gasteiger partial charge in [-0.1, -0.05) is 27.7 Å². The average Bonchev–Trinajstić information content (AvgIpc) is 2.52. The van der Waals surface area contributed by atoms with Gasteiger partial charge in [-0.3, -0.25) is 9.59 Å². The molecule has 0 spiro atoms. The predicted molar refractivity (Wildman–Crippen MR) is 87.5 cm³/mol. The number of rotatable bonds is 2. The van der Waals surface area contributed by atoms with Crippen molar-refractivity contribution in [2.24, 2.45) is 11.3 Å². The van der Waals surface area contributed by atoms with Crippen LogP contribution in [0.2, 0.25) is 0 Å². The van der Waals surface area contributed by atoms with Crippen LogP contribution in [0.3, 0.4) is 0 Å². The summed E-state index contributed by atoms with van der Waals surface area (Å²) >= 11 is 0. The van der Waals surface area contributed by atoms with Gasteiger partial charge in [-0.15, -0.1) is 0 Å². The number of piperazine rings is 1. The van der Waals surface area contributed by atoms with Crippen molar-refractivity contribution in [3.63, 3.8) is 0 Å². The number of hydrogen-bond acceptors (Lipinski definition) is 3. The molecule has 0 aromatic heterocycles. The Labute approximate surface area is 134 Å². The lowest BCUT2D eigenvalue weighted by Crippen LogP contribution is -2.53. The molecule has 0 N–H and O–H groups in total. The van der Waals surface area contributed by atoms with Gasteiger partial charge in [0.05, 0.1) is 5.92 Å². The fourth-order valence-electron chi connectivity index (χ4n) is 3.38. The summed E-state index contributed by atoms with van der Waals surface area (Å²) in [5.74, 6) is 0.413. The molecule has 0 bridgehead atoms. The van der Waals surface area contributed by atoms with E-state index in [-0.39, 0.29) is 23.1 Å². The molecule has 2 rings (SSSR count). The highest BCUT2D eigenvalue weighted by atomic mass is 16.2. The fourth-order valence-corrected chi connectivity index (χ4v) is 3.38. The molecule has 0 aromatic rings. The molecule has 22 heavy (non-hydrogen) atoms. The van der Waals surface area contributed by atoms with E-state index in [0.717, 1.165) is 52.1 Å². The summed E-state index contributed by atoms with van der Waals surface area (Å²) in [4.78, 5) is 31.4. The Morgan fingerprint density at radius 2 is 1.64 bits per heavy atom. The smallest absolute Gasteiger partial charge is 0.227 e. The van der Waals surface area contributed by atoms with Crippen LogP contribution in [0.5, 0.6) is 0 Å². The third-order valence-electron chi connectivity index (χ3n) is 4.83. The number of hydrogen-bond donors (Lipinski definition) is 0. The summed E-state index contributed by atoms with van der Waals surface area (Å²) in [5.41, 5.74) is -0.363. The quantitative estimate of drug-likeness (QED) is 0.775. The Kier molecular flexibility index (Phi) is 5.48. The summed E-state index contributed by atoms with van der Waals surface area (Å²) in [6.07, 6.45) is 1.86. The summed E-state index contributed by atoms with van der Waals surface area (Å²) in [6.45, 7) is 14.1. The van der Waals surface area contributed by atoms with Gasteiger partial charge in [0.25, 0.3) is 0 Å². The lowest BCUT2D eigenvalue weighted by molar-refractivity contribution is -0.146. The Bertz CT molecular complexity index is 409. The minimum atomic E-state index is -0.363. The van der Waals surface area contributed by atoms with Crippen LogP contribution in [0.4, 0.5) is 0 Å². The number of amides is 2. The number of likely N-dealkylation sites (N-methyl/N-ethyl adjacent to an activating group) is 1. The van der Waals surface area contributed by atoms with Crippen molar-refractivity contribution in [1.29, 1.82) is 0 Å². The van der Waals surface area contributed by atoms with Crippen molar-refractivity contribution < 1.29 is 9.59 Å². The maximum Gasteiger partial charge on any atom is 0.227 e. The van der Waals surface area contributed by atoms with Crippen LogP contribution in [0.1, 0.15) is 40.5 Å². The number of likely N-dealkylation sites (tertiary alicyclic amines) is 1. The Balaban J connectivity index is 1.92. The van der Waals surface area contributed by atoms with Crippen molar-refractivity contribution in [3.8, 4) is 0 Å². The highest BCUT2D eigenvalue weighted by molar-refractivity contribution is 5.84. The van der Waals surface area contributed by atoms with Gasteiger partial charge in [0.1, 0.15) is 0 Å². The fraction of sp³-hybridized carbons (Fsp3) is 0.882. The number of carbonyl (C=O) groups is 2. The zero-order chi connectivity index (χ0) is 16.3. The Hall–Kier alpha value is -1.10.